The van der Waals surface area contributed by atoms with Crippen molar-refractivity contribution in [2.45, 2.75) is 95.8 Å². The number of nitrogens with zero attached hydrogens (tertiary/aromatic N) is 4. The quantitative estimate of drug-likeness (QED) is 0.184. The van der Waals surface area contributed by atoms with Crippen molar-refractivity contribution in [3.8, 4) is 5.75 Å². The molecule has 12 heteroatoms. The van der Waals surface area contributed by atoms with Crippen molar-refractivity contribution >= 4 is 38.3 Å². The Morgan fingerprint density at radius 1 is 1.02 bits per heavy atom. The third-order valence-corrected chi connectivity index (χ3v) is 12.0. The van der Waals surface area contributed by atoms with Gasteiger partial charge in [-0.25, -0.2) is 18.4 Å². The van der Waals surface area contributed by atoms with Gasteiger partial charge in [0.1, 0.15) is 17.4 Å². The van der Waals surface area contributed by atoms with Gasteiger partial charge in [0.15, 0.2) is 15.5 Å². The largest absolute Gasteiger partial charge is 0.491 e. The van der Waals surface area contributed by atoms with Crippen LogP contribution in [0.2, 0.25) is 0 Å². The number of rotatable bonds is 10. The number of anilines is 2. The number of likely N-dealkylation sites (tertiary alicyclic amines) is 1. The predicted octanol–water partition coefficient (Wildman–Crippen LogP) is 5.98. The van der Waals surface area contributed by atoms with Crippen LogP contribution < -0.4 is 15.4 Å². The van der Waals surface area contributed by atoms with Crippen LogP contribution in [0.4, 0.5) is 11.5 Å². The highest BCUT2D eigenvalue weighted by Gasteiger charge is 2.31. The van der Waals surface area contributed by atoms with Crippen LogP contribution in [-0.2, 0) is 21.1 Å². The monoisotopic (exact) mass is 687 g/mol. The number of hydrogen-bond acceptors (Lipinski definition) is 9. The molecule has 0 saturated carbocycles. The average Bonchev–Trinajstić information content (AvgIpc) is 3.46. The van der Waals surface area contributed by atoms with Crippen LogP contribution in [0.1, 0.15) is 87.5 Å². The Hall–Kier alpha value is -4.03. The number of hydrogen-bond donors (Lipinski definition) is 3. The summed E-state index contributed by atoms with van der Waals surface area (Å²) in [6.45, 7) is 14.8. The summed E-state index contributed by atoms with van der Waals surface area (Å²) in [7, 11) is -3.55. The summed E-state index contributed by atoms with van der Waals surface area (Å²) in [5, 5.41) is 14.3. The molecule has 49 heavy (non-hydrogen) atoms. The number of sulfone groups is 1. The van der Waals surface area contributed by atoms with Gasteiger partial charge in [-0.15, -0.1) is 0 Å². The minimum atomic E-state index is -3.55. The highest BCUT2D eigenvalue weighted by Crippen LogP contribution is 2.37. The maximum atomic E-state index is 13.2. The molecule has 0 radical (unpaired) electrons. The van der Waals surface area contributed by atoms with Gasteiger partial charge in [0.2, 0.25) is 5.91 Å². The minimum Gasteiger partial charge on any atom is -0.491 e. The number of benzene rings is 2. The standard InChI is InChI=1S/C37H49N7O4S/c1-22(2)48-31-21-29(26-13-17-44(18-14-26)37(45)27-11-15-38-16-12-27)24(5)19-28(31)20-33-40-35(34-25(6)42-43-36(34)41-33)39-30-9-7-8-10-32(30)49(46,47)23(3)4/h7-10,19,21-23,26-27,38H,11-18,20H2,1-6H3,(H2,39,40,41,42,43). The van der Waals surface area contributed by atoms with E-state index in [1.807, 2.05) is 20.8 Å². The smallest absolute Gasteiger partial charge is 0.225 e. The lowest BCUT2D eigenvalue weighted by atomic mass is 9.85. The molecule has 262 valence electrons. The first-order chi connectivity index (χ1) is 23.4. The number of carbonyl (C=O) groups is 1. The molecular formula is C37H49N7O4S. The summed E-state index contributed by atoms with van der Waals surface area (Å²) < 4.78 is 32.8. The molecule has 2 fully saturated rings. The lowest BCUT2D eigenvalue weighted by Crippen LogP contribution is -2.44. The Morgan fingerprint density at radius 2 is 1.73 bits per heavy atom. The summed E-state index contributed by atoms with van der Waals surface area (Å²) in [6, 6.07) is 11.3. The number of ether oxygens (including phenoxy) is 1. The van der Waals surface area contributed by atoms with Crippen molar-refractivity contribution < 1.29 is 17.9 Å². The van der Waals surface area contributed by atoms with Crippen LogP contribution in [0, 0.1) is 19.8 Å². The lowest BCUT2D eigenvalue weighted by Gasteiger charge is -2.36. The topological polar surface area (TPSA) is 142 Å². The number of nitrogens with one attached hydrogen (secondary N) is 3. The van der Waals surface area contributed by atoms with Gasteiger partial charge in [-0.05, 0) is 116 Å². The molecule has 2 aromatic carbocycles. The van der Waals surface area contributed by atoms with Gasteiger partial charge < -0.3 is 20.3 Å². The van der Waals surface area contributed by atoms with E-state index in [0.717, 1.165) is 68.9 Å². The number of carbonyl (C=O) groups excluding carboxylic acids is 1. The second-order valence-electron chi connectivity index (χ2n) is 14.0. The van der Waals surface area contributed by atoms with Gasteiger partial charge in [0.05, 0.1) is 27.3 Å². The molecule has 11 nitrogen and oxygen atoms in total. The first kappa shape index (κ1) is 34.8. The Labute approximate surface area is 289 Å². The number of para-hydroxylation sites is 1. The van der Waals surface area contributed by atoms with Crippen LogP contribution >= 0.6 is 0 Å². The van der Waals surface area contributed by atoms with E-state index < -0.39 is 15.1 Å². The average molecular weight is 688 g/mol. The number of fused-ring (bicyclic) bond motifs is 1. The van der Waals surface area contributed by atoms with Crippen LogP contribution in [0.3, 0.4) is 0 Å². The number of aromatic amines is 1. The molecule has 0 bridgehead atoms. The van der Waals surface area contributed by atoms with E-state index in [9.17, 15) is 13.2 Å². The molecule has 0 spiro atoms. The molecule has 4 aromatic rings. The van der Waals surface area contributed by atoms with E-state index in [0.29, 0.717) is 46.6 Å². The van der Waals surface area contributed by atoms with Crippen LogP contribution in [0.15, 0.2) is 41.3 Å². The first-order valence-corrected chi connectivity index (χ1v) is 19.1. The Morgan fingerprint density at radius 3 is 2.43 bits per heavy atom. The molecular weight excluding hydrogens is 639 g/mol. The molecule has 0 aliphatic carbocycles. The molecule has 2 aliphatic heterocycles. The summed E-state index contributed by atoms with van der Waals surface area (Å²) in [5.74, 6) is 2.64. The van der Waals surface area contributed by atoms with Gasteiger partial charge in [-0.2, -0.15) is 5.10 Å². The van der Waals surface area contributed by atoms with Gasteiger partial charge in [0.25, 0.3) is 0 Å². The fraction of sp³-hybridized carbons (Fsp3) is 0.514. The van der Waals surface area contributed by atoms with Crippen LogP contribution in [-0.4, -0.2) is 76.9 Å². The zero-order valence-electron chi connectivity index (χ0n) is 29.5. The normalized spacial score (nSPS) is 16.5. The molecule has 0 atom stereocenters. The SMILES string of the molecule is Cc1cc(Cc2nc(Nc3ccccc3S(=O)(=O)C(C)C)c3c(C)[nH]nc3n2)c(OC(C)C)cc1C1CCN(C(=O)C2CCNCC2)CC1. The Balaban J connectivity index is 1.28. The summed E-state index contributed by atoms with van der Waals surface area (Å²) in [6.07, 6.45) is 4.08. The van der Waals surface area contributed by atoms with Crippen LogP contribution in [0.25, 0.3) is 11.0 Å². The zero-order valence-corrected chi connectivity index (χ0v) is 30.3. The summed E-state index contributed by atoms with van der Waals surface area (Å²) in [5.41, 5.74) is 5.14. The van der Waals surface area contributed by atoms with Gasteiger partial charge in [0, 0.05) is 36.7 Å². The molecule has 2 aromatic heterocycles. The third kappa shape index (κ3) is 7.45. The van der Waals surface area contributed by atoms with E-state index in [-0.39, 0.29) is 16.9 Å². The molecule has 3 N–H and O–H groups in total. The van der Waals surface area contributed by atoms with Gasteiger partial charge in [-0.1, -0.05) is 18.2 Å². The van der Waals surface area contributed by atoms with Crippen molar-refractivity contribution in [2.24, 2.45) is 5.92 Å². The second kappa shape index (κ2) is 14.4. The van der Waals surface area contributed by atoms with Crippen molar-refractivity contribution in [1.29, 1.82) is 0 Å². The van der Waals surface area contributed by atoms with Gasteiger partial charge >= 0.3 is 0 Å². The maximum absolute atomic E-state index is 13.2. The number of H-pyrrole nitrogens is 1. The van der Waals surface area contributed by atoms with E-state index in [1.165, 1.54) is 11.1 Å². The molecule has 6 rings (SSSR count). The first-order valence-electron chi connectivity index (χ1n) is 17.5. The van der Waals surface area contributed by atoms with Crippen LogP contribution in [0.5, 0.6) is 5.75 Å². The fourth-order valence-corrected chi connectivity index (χ4v) is 8.30. The maximum Gasteiger partial charge on any atom is 0.225 e. The molecule has 2 aliphatic rings. The van der Waals surface area contributed by atoms with E-state index >= 15 is 0 Å². The van der Waals surface area contributed by atoms with Crippen molar-refractivity contribution in [3.05, 3.63) is 64.6 Å². The molecule has 2 saturated heterocycles. The van der Waals surface area contributed by atoms with E-state index in [2.05, 4.69) is 44.8 Å². The van der Waals surface area contributed by atoms with Crippen molar-refractivity contribution in [1.82, 2.24) is 30.4 Å². The van der Waals surface area contributed by atoms with Crippen molar-refractivity contribution in [3.63, 3.8) is 0 Å². The number of amides is 1. The summed E-state index contributed by atoms with van der Waals surface area (Å²) in [4.78, 5) is 25.2. The Bertz CT molecular complexity index is 1920. The number of piperidine rings is 2. The number of aromatic nitrogens is 4. The minimum absolute atomic E-state index is 0.0345. The second-order valence-corrected chi connectivity index (χ2v) is 16.5. The molecule has 1 amide bonds. The fourth-order valence-electron chi connectivity index (χ4n) is 7.10. The van der Waals surface area contributed by atoms with E-state index in [1.54, 1.807) is 38.1 Å². The highest BCUT2D eigenvalue weighted by molar-refractivity contribution is 7.92. The van der Waals surface area contributed by atoms with Gasteiger partial charge in [-0.3, -0.25) is 9.89 Å². The summed E-state index contributed by atoms with van der Waals surface area (Å²) >= 11 is 0. The molecule has 0 unspecified atom stereocenters. The molecule has 4 heterocycles. The van der Waals surface area contributed by atoms with Crippen molar-refractivity contribution in [2.75, 3.05) is 31.5 Å². The Kier molecular flexibility index (Phi) is 10.3. The number of aryl methyl sites for hydroxylation is 2. The zero-order chi connectivity index (χ0) is 34.9. The predicted molar refractivity (Wildman–Crippen MR) is 192 cm³/mol. The van der Waals surface area contributed by atoms with E-state index in [4.69, 9.17) is 14.7 Å². The third-order valence-electron chi connectivity index (χ3n) is 9.80. The lowest BCUT2D eigenvalue weighted by molar-refractivity contribution is -0.137. The highest BCUT2D eigenvalue weighted by atomic mass is 32.2.